The fourth-order valence-electron chi connectivity index (χ4n) is 12.1. The lowest BCUT2D eigenvalue weighted by Gasteiger charge is -2.38. The summed E-state index contributed by atoms with van der Waals surface area (Å²) in [4.78, 5) is 2.59. The lowest BCUT2D eigenvalue weighted by Crippen LogP contribution is -2.55. The fourth-order valence-corrected chi connectivity index (χ4v) is 12.1. The van der Waals surface area contributed by atoms with Gasteiger partial charge in [-0.2, -0.15) is 0 Å². The van der Waals surface area contributed by atoms with Gasteiger partial charge in [-0.15, -0.1) is 0 Å². The number of benzene rings is 10. The van der Waals surface area contributed by atoms with Gasteiger partial charge in [0.25, 0.3) is 0 Å². The van der Waals surface area contributed by atoms with Crippen molar-refractivity contribution >= 4 is 117 Å². The first kappa shape index (κ1) is 28.4. The minimum absolute atomic E-state index is 0.126. The normalized spacial score (nSPS) is 14.0. The van der Waals surface area contributed by atoms with Gasteiger partial charge in [-0.1, -0.05) is 157 Å². The molecule has 15 rings (SSSR count). The molecule has 0 amide bonds. The van der Waals surface area contributed by atoms with Crippen LogP contribution in [-0.2, 0) is 0 Å². The van der Waals surface area contributed by atoms with Gasteiger partial charge in [0.15, 0.2) is 0 Å². The van der Waals surface area contributed by atoms with Gasteiger partial charge in [0.1, 0.15) is 0 Å². The van der Waals surface area contributed by atoms with Crippen molar-refractivity contribution in [2.75, 3.05) is 4.90 Å². The number of anilines is 3. The molecule has 1 aromatic heterocycles. The Labute approximate surface area is 323 Å². The number of rotatable bonds is 1. The molecule has 0 fully saturated rings. The van der Waals surface area contributed by atoms with E-state index in [-0.39, 0.29) is 13.4 Å². The molecule has 56 heavy (non-hydrogen) atoms. The van der Waals surface area contributed by atoms with Crippen molar-refractivity contribution in [3.63, 3.8) is 0 Å². The Balaban J connectivity index is 1.20. The van der Waals surface area contributed by atoms with E-state index >= 15 is 0 Å². The summed E-state index contributed by atoms with van der Waals surface area (Å²) in [5.74, 6) is 0. The van der Waals surface area contributed by atoms with Crippen LogP contribution in [0.15, 0.2) is 170 Å². The van der Waals surface area contributed by atoms with Gasteiger partial charge >= 0.3 is 0 Å². The molecule has 0 spiro atoms. The molecule has 2 nitrogen and oxygen atoms in total. The summed E-state index contributed by atoms with van der Waals surface area (Å²) in [6.07, 6.45) is 0. The number of fused-ring (bicyclic) bond motifs is 18. The van der Waals surface area contributed by atoms with Crippen LogP contribution in [0.3, 0.4) is 0 Å². The number of nitrogens with zero attached hydrogens (tertiary/aromatic N) is 2. The van der Waals surface area contributed by atoms with Crippen LogP contribution in [0.2, 0.25) is 0 Å². The quantitative estimate of drug-likeness (QED) is 0.123. The van der Waals surface area contributed by atoms with E-state index in [4.69, 9.17) is 0 Å². The monoisotopic (exact) mass is 702 g/mol. The van der Waals surface area contributed by atoms with Gasteiger partial charge < -0.3 is 9.47 Å². The molecule has 11 aromatic rings. The van der Waals surface area contributed by atoms with Gasteiger partial charge in [-0.05, 0) is 89.9 Å². The largest absolute Gasteiger partial charge is 0.311 e. The van der Waals surface area contributed by atoms with E-state index in [9.17, 15) is 0 Å². The first-order valence-electron chi connectivity index (χ1n) is 19.9. The van der Waals surface area contributed by atoms with Crippen molar-refractivity contribution in [3.05, 3.63) is 170 Å². The first-order valence-corrected chi connectivity index (χ1v) is 19.9. The minimum atomic E-state index is 0.126. The lowest BCUT2D eigenvalue weighted by atomic mass is 9.35. The number of hydrogen-bond donors (Lipinski definition) is 0. The Kier molecular flexibility index (Phi) is 4.87. The van der Waals surface area contributed by atoms with Crippen molar-refractivity contribution in [2.24, 2.45) is 0 Å². The summed E-state index contributed by atoms with van der Waals surface area (Å²) >= 11 is 0. The lowest BCUT2D eigenvalue weighted by molar-refractivity contribution is 1.21. The van der Waals surface area contributed by atoms with E-state index in [1.165, 1.54) is 132 Å². The summed E-state index contributed by atoms with van der Waals surface area (Å²) in [5, 5.41) is 10.8. The third-order valence-corrected chi connectivity index (χ3v) is 13.9. The van der Waals surface area contributed by atoms with Crippen LogP contribution in [0.25, 0.3) is 82.1 Å². The molecule has 0 saturated heterocycles. The van der Waals surface area contributed by atoms with Crippen LogP contribution < -0.4 is 37.7 Å². The van der Waals surface area contributed by atoms with Crippen LogP contribution in [-0.4, -0.2) is 18.0 Å². The Morgan fingerprint density at radius 1 is 0.339 bits per heavy atom. The topological polar surface area (TPSA) is 8.17 Å². The van der Waals surface area contributed by atoms with Crippen molar-refractivity contribution < 1.29 is 0 Å². The SMILES string of the molecule is c1ccc(N2c3cccc4c3B(c3ccccc3-4)c3c2c2cccc4c5c(c6cccc3c6c42)-n2c3ccccc3c3ccc4c(c32)B5c2ccccc2-4)cc1. The zero-order valence-electron chi connectivity index (χ0n) is 30.2. The van der Waals surface area contributed by atoms with Crippen molar-refractivity contribution in [1.82, 2.24) is 4.57 Å². The molecule has 0 bridgehead atoms. The van der Waals surface area contributed by atoms with Crippen molar-refractivity contribution in [1.29, 1.82) is 0 Å². The average Bonchev–Trinajstić information content (AvgIpc) is 3.90. The summed E-state index contributed by atoms with van der Waals surface area (Å²) in [6.45, 7) is 0.262. The fraction of sp³-hybridized carbons (Fsp3) is 0. The maximum atomic E-state index is 2.66. The maximum Gasteiger partial charge on any atom is 0.249 e. The Hall–Kier alpha value is -7.03. The van der Waals surface area contributed by atoms with Gasteiger partial charge in [0.05, 0.1) is 5.52 Å². The van der Waals surface area contributed by atoms with Gasteiger partial charge in [-0.3, -0.25) is 0 Å². The van der Waals surface area contributed by atoms with Crippen LogP contribution in [0.4, 0.5) is 17.1 Å². The average molecular weight is 702 g/mol. The highest BCUT2D eigenvalue weighted by molar-refractivity contribution is 7.04. The predicted molar refractivity (Wildman–Crippen MR) is 239 cm³/mol. The highest BCUT2D eigenvalue weighted by Gasteiger charge is 2.46. The van der Waals surface area contributed by atoms with Crippen LogP contribution >= 0.6 is 0 Å². The Morgan fingerprint density at radius 2 is 0.893 bits per heavy atom. The molecular formula is C52H28B2N2. The number of para-hydroxylation sites is 2. The van der Waals surface area contributed by atoms with Crippen molar-refractivity contribution in [2.45, 2.75) is 0 Å². The predicted octanol–water partition coefficient (Wildman–Crippen LogP) is 8.77. The highest BCUT2D eigenvalue weighted by Crippen LogP contribution is 2.50. The molecule has 0 radical (unpaired) electrons. The second kappa shape index (κ2) is 9.60. The standard InChI is InChI=1S/C52H28B2N2/c1-2-13-29(14-3-1)55-43-26-12-18-33-30-15-4-7-23-40(30)53(46(33)43)48-36-19-11-22-39-45(36)44-37(20-10-21-38(44)51(48)55)49-52(39)56-42-25-9-6-17-32(42)35-28-27-34-31-16-5-8-24-41(31)54(49)47(34)50(35)56/h1-28H. The molecule has 4 heteroatoms. The molecule has 10 aromatic carbocycles. The van der Waals surface area contributed by atoms with E-state index in [1.54, 1.807) is 0 Å². The zero-order chi connectivity index (χ0) is 36.0. The van der Waals surface area contributed by atoms with Crippen LogP contribution in [0, 0.1) is 0 Å². The van der Waals surface area contributed by atoms with Crippen LogP contribution in [0.1, 0.15) is 0 Å². The van der Waals surface area contributed by atoms with Gasteiger partial charge in [0, 0.05) is 49.8 Å². The number of aromatic nitrogens is 1. The van der Waals surface area contributed by atoms with E-state index in [1.807, 2.05) is 0 Å². The molecule has 0 unspecified atom stereocenters. The molecular weight excluding hydrogens is 674 g/mol. The molecule has 0 saturated carbocycles. The highest BCUT2D eigenvalue weighted by atomic mass is 15.2. The second-order valence-corrected chi connectivity index (χ2v) is 16.2. The molecule has 0 N–H and O–H groups in total. The third kappa shape index (κ3) is 3.03. The van der Waals surface area contributed by atoms with E-state index in [0.29, 0.717) is 0 Å². The smallest absolute Gasteiger partial charge is 0.249 e. The van der Waals surface area contributed by atoms with Crippen LogP contribution in [0.5, 0.6) is 0 Å². The van der Waals surface area contributed by atoms with E-state index < -0.39 is 0 Å². The zero-order valence-corrected chi connectivity index (χ0v) is 30.2. The van der Waals surface area contributed by atoms with Crippen molar-refractivity contribution in [3.8, 4) is 27.9 Å². The summed E-state index contributed by atoms with van der Waals surface area (Å²) in [5.41, 5.74) is 21.8. The molecule has 0 aliphatic carbocycles. The Morgan fingerprint density at radius 3 is 1.66 bits per heavy atom. The van der Waals surface area contributed by atoms with Gasteiger partial charge in [0.2, 0.25) is 13.4 Å². The summed E-state index contributed by atoms with van der Waals surface area (Å²) < 4.78 is 2.66. The maximum absolute atomic E-state index is 2.66. The Bertz CT molecular complexity index is 3620. The molecule has 4 aliphatic heterocycles. The molecule has 0 atom stereocenters. The third-order valence-electron chi connectivity index (χ3n) is 13.9. The van der Waals surface area contributed by atoms with E-state index in [2.05, 4.69) is 179 Å². The minimum Gasteiger partial charge on any atom is -0.311 e. The molecule has 252 valence electrons. The second-order valence-electron chi connectivity index (χ2n) is 16.2. The molecule has 5 heterocycles. The summed E-state index contributed by atoms with van der Waals surface area (Å²) in [6, 6.07) is 64.6. The number of hydrogen-bond acceptors (Lipinski definition) is 1. The summed E-state index contributed by atoms with van der Waals surface area (Å²) in [7, 11) is 0. The molecule has 4 aliphatic rings. The van der Waals surface area contributed by atoms with Gasteiger partial charge in [-0.25, -0.2) is 0 Å². The van der Waals surface area contributed by atoms with E-state index in [0.717, 1.165) is 0 Å². The first-order chi connectivity index (χ1) is 27.9.